The van der Waals surface area contributed by atoms with Gasteiger partial charge in [0.15, 0.2) is 0 Å². The fraction of sp³-hybridized carbons (Fsp3) is 0.250. The van der Waals surface area contributed by atoms with Gasteiger partial charge in [0.05, 0.1) is 11.0 Å². The summed E-state index contributed by atoms with van der Waals surface area (Å²) in [6, 6.07) is 13.5. The molecule has 4 nitrogen and oxygen atoms in total. The first-order valence-electron chi connectivity index (χ1n) is 6.78. The van der Waals surface area contributed by atoms with Crippen LogP contribution in [0, 0.1) is 17.0 Å². The van der Waals surface area contributed by atoms with Crippen molar-refractivity contribution in [2.45, 2.75) is 26.3 Å². The molecule has 0 aliphatic heterocycles. The van der Waals surface area contributed by atoms with E-state index in [1.54, 1.807) is 19.1 Å². The average molecular weight is 349 g/mol. The van der Waals surface area contributed by atoms with Gasteiger partial charge in [0.25, 0.3) is 5.69 Å². The predicted molar refractivity (Wildman–Crippen MR) is 88.6 cm³/mol. The summed E-state index contributed by atoms with van der Waals surface area (Å²) in [5.41, 5.74) is 2.74. The van der Waals surface area contributed by atoms with Gasteiger partial charge in [-0.3, -0.25) is 10.1 Å². The summed E-state index contributed by atoms with van der Waals surface area (Å²) >= 11 is 3.42. The zero-order chi connectivity index (χ0) is 15.4. The lowest BCUT2D eigenvalue weighted by atomic mass is 10.0. The van der Waals surface area contributed by atoms with Gasteiger partial charge < -0.3 is 5.32 Å². The van der Waals surface area contributed by atoms with E-state index in [4.69, 9.17) is 0 Å². The van der Waals surface area contributed by atoms with Crippen molar-refractivity contribution in [1.29, 1.82) is 0 Å². The number of nitro benzene ring substituents is 1. The van der Waals surface area contributed by atoms with E-state index in [1.807, 2.05) is 30.3 Å². The summed E-state index contributed by atoms with van der Waals surface area (Å²) < 4.78 is 1.03. The number of benzene rings is 2. The van der Waals surface area contributed by atoms with Crippen LogP contribution in [0.4, 0.5) is 11.4 Å². The molecule has 0 spiro atoms. The van der Waals surface area contributed by atoms with Crippen molar-refractivity contribution in [2.24, 2.45) is 0 Å². The van der Waals surface area contributed by atoms with E-state index in [2.05, 4.69) is 28.2 Å². The lowest BCUT2D eigenvalue weighted by Crippen LogP contribution is -2.09. The summed E-state index contributed by atoms with van der Waals surface area (Å²) in [4.78, 5) is 10.7. The summed E-state index contributed by atoms with van der Waals surface area (Å²) in [7, 11) is 0. The molecule has 0 amide bonds. The van der Waals surface area contributed by atoms with Gasteiger partial charge in [0.2, 0.25) is 0 Å². The lowest BCUT2D eigenvalue weighted by Gasteiger charge is -2.19. The lowest BCUT2D eigenvalue weighted by molar-refractivity contribution is -0.385. The molecular weight excluding hydrogens is 332 g/mol. The molecule has 1 unspecified atom stereocenters. The van der Waals surface area contributed by atoms with Crippen LogP contribution in [0.2, 0.25) is 0 Å². The number of nitrogens with one attached hydrogen (secondary N) is 1. The summed E-state index contributed by atoms with van der Waals surface area (Å²) in [6.07, 6.45) is 0.892. The Labute approximate surface area is 132 Å². The van der Waals surface area contributed by atoms with E-state index in [-0.39, 0.29) is 16.7 Å². The van der Waals surface area contributed by atoms with Gasteiger partial charge >= 0.3 is 0 Å². The second-order valence-corrected chi connectivity index (χ2v) is 5.83. The first-order chi connectivity index (χ1) is 10.0. The van der Waals surface area contributed by atoms with Crippen LogP contribution >= 0.6 is 15.9 Å². The van der Waals surface area contributed by atoms with Crippen LogP contribution in [0.5, 0.6) is 0 Å². The molecule has 2 rings (SSSR count). The van der Waals surface area contributed by atoms with E-state index in [9.17, 15) is 10.1 Å². The minimum atomic E-state index is -0.346. The fourth-order valence-corrected chi connectivity index (χ4v) is 2.48. The molecule has 5 heteroatoms. The van der Waals surface area contributed by atoms with Gasteiger partial charge in [-0.1, -0.05) is 41.1 Å². The molecule has 0 heterocycles. The molecule has 0 aliphatic carbocycles. The molecule has 2 aromatic carbocycles. The molecule has 110 valence electrons. The van der Waals surface area contributed by atoms with Crippen LogP contribution in [0.3, 0.4) is 0 Å². The first-order valence-corrected chi connectivity index (χ1v) is 7.57. The Bertz CT molecular complexity index is 641. The van der Waals surface area contributed by atoms with E-state index in [0.717, 1.165) is 22.1 Å². The highest BCUT2D eigenvalue weighted by Gasteiger charge is 2.14. The smallest absolute Gasteiger partial charge is 0.274 e. The minimum absolute atomic E-state index is 0.125. The van der Waals surface area contributed by atoms with E-state index in [0.29, 0.717) is 5.56 Å². The monoisotopic (exact) mass is 348 g/mol. The number of rotatable bonds is 5. The van der Waals surface area contributed by atoms with Crippen molar-refractivity contribution in [3.8, 4) is 0 Å². The number of nitro groups is 1. The SMILES string of the molecule is CCC(Nc1ccc(C)c([N+](=O)[O-])c1)c1ccc(Br)cc1. The van der Waals surface area contributed by atoms with Gasteiger partial charge in [-0.2, -0.15) is 0 Å². The maximum absolute atomic E-state index is 11.0. The topological polar surface area (TPSA) is 55.2 Å². The quantitative estimate of drug-likeness (QED) is 0.594. The fourth-order valence-electron chi connectivity index (χ4n) is 2.21. The van der Waals surface area contributed by atoms with Gasteiger partial charge in [-0.15, -0.1) is 0 Å². The Balaban J connectivity index is 2.24. The highest BCUT2D eigenvalue weighted by molar-refractivity contribution is 9.10. The third-order valence-corrected chi connectivity index (χ3v) is 3.96. The molecule has 0 fully saturated rings. The number of nitrogens with zero attached hydrogens (tertiary/aromatic N) is 1. The van der Waals surface area contributed by atoms with Crippen molar-refractivity contribution in [1.82, 2.24) is 0 Å². The highest BCUT2D eigenvalue weighted by atomic mass is 79.9. The van der Waals surface area contributed by atoms with Crippen LogP contribution in [0.25, 0.3) is 0 Å². The third kappa shape index (κ3) is 3.82. The number of halogens is 1. The molecule has 21 heavy (non-hydrogen) atoms. The van der Waals surface area contributed by atoms with Crippen molar-refractivity contribution < 1.29 is 4.92 Å². The molecule has 0 aromatic heterocycles. The maximum Gasteiger partial charge on any atom is 0.274 e. The molecule has 1 atom stereocenters. The van der Waals surface area contributed by atoms with Crippen LogP contribution in [0.15, 0.2) is 46.9 Å². The molecule has 0 radical (unpaired) electrons. The second-order valence-electron chi connectivity index (χ2n) is 4.92. The Kier molecular flexibility index (Phi) is 4.96. The van der Waals surface area contributed by atoms with Gasteiger partial charge in [-0.25, -0.2) is 0 Å². The van der Waals surface area contributed by atoms with Gasteiger partial charge in [0, 0.05) is 21.8 Å². The number of anilines is 1. The molecule has 0 saturated carbocycles. The second kappa shape index (κ2) is 6.72. The molecule has 0 bridgehead atoms. The maximum atomic E-state index is 11.0. The van der Waals surface area contributed by atoms with Gasteiger partial charge in [-0.05, 0) is 37.1 Å². The van der Waals surface area contributed by atoms with Crippen molar-refractivity contribution in [3.05, 3.63) is 68.2 Å². The Morgan fingerprint density at radius 3 is 2.48 bits per heavy atom. The highest BCUT2D eigenvalue weighted by Crippen LogP contribution is 2.27. The third-order valence-electron chi connectivity index (χ3n) is 3.43. The van der Waals surface area contributed by atoms with Crippen molar-refractivity contribution in [2.75, 3.05) is 5.32 Å². The van der Waals surface area contributed by atoms with E-state index < -0.39 is 0 Å². The summed E-state index contributed by atoms with van der Waals surface area (Å²) in [5.74, 6) is 0. The Morgan fingerprint density at radius 1 is 1.24 bits per heavy atom. The van der Waals surface area contributed by atoms with Crippen LogP contribution in [-0.4, -0.2) is 4.92 Å². The number of hydrogen-bond donors (Lipinski definition) is 1. The van der Waals surface area contributed by atoms with E-state index >= 15 is 0 Å². The zero-order valence-corrected chi connectivity index (χ0v) is 13.6. The largest absolute Gasteiger partial charge is 0.378 e. The van der Waals surface area contributed by atoms with Crippen molar-refractivity contribution in [3.63, 3.8) is 0 Å². The van der Waals surface area contributed by atoms with Gasteiger partial charge in [0.1, 0.15) is 0 Å². The molecule has 0 aliphatic rings. The molecular formula is C16H17BrN2O2. The summed E-state index contributed by atoms with van der Waals surface area (Å²) in [6.45, 7) is 3.83. The molecule has 0 saturated heterocycles. The van der Waals surface area contributed by atoms with E-state index in [1.165, 1.54) is 0 Å². The number of aryl methyl sites for hydroxylation is 1. The zero-order valence-electron chi connectivity index (χ0n) is 12.0. The predicted octanol–water partition coefficient (Wildman–Crippen LogP) is 5.23. The first kappa shape index (κ1) is 15.5. The Morgan fingerprint density at radius 2 is 1.90 bits per heavy atom. The van der Waals surface area contributed by atoms with Crippen LogP contribution in [0.1, 0.15) is 30.5 Å². The minimum Gasteiger partial charge on any atom is -0.378 e. The van der Waals surface area contributed by atoms with Crippen LogP contribution in [-0.2, 0) is 0 Å². The summed E-state index contributed by atoms with van der Waals surface area (Å²) in [5, 5.41) is 14.4. The average Bonchev–Trinajstić information content (AvgIpc) is 2.47. The standard InChI is InChI=1S/C16H17BrN2O2/c1-3-15(12-5-7-13(17)8-6-12)18-14-9-4-11(2)16(10-14)19(20)21/h4-10,15,18H,3H2,1-2H3. The Hall–Kier alpha value is -1.88. The van der Waals surface area contributed by atoms with Crippen molar-refractivity contribution >= 4 is 27.3 Å². The molecule has 2 aromatic rings. The normalized spacial score (nSPS) is 12.0. The molecule has 1 N–H and O–H groups in total. The number of hydrogen-bond acceptors (Lipinski definition) is 3. The van der Waals surface area contributed by atoms with Crippen LogP contribution < -0.4 is 5.32 Å².